The van der Waals surface area contributed by atoms with Gasteiger partial charge in [0.15, 0.2) is 0 Å². The predicted molar refractivity (Wildman–Crippen MR) is 101 cm³/mol. The molecule has 26 heavy (non-hydrogen) atoms. The Morgan fingerprint density at radius 2 is 1.81 bits per heavy atom. The molecule has 0 fully saturated rings. The number of hydrogen-bond donors (Lipinski definition) is 0. The number of hydrogen-bond acceptors (Lipinski definition) is 0. The van der Waals surface area contributed by atoms with E-state index in [9.17, 15) is 0 Å². The minimum atomic E-state index is 0. The molecule has 0 nitrogen and oxygen atoms in total. The fourth-order valence-electron chi connectivity index (χ4n) is 3.34. The number of allylic oxidation sites excluding steroid dienone is 4. The molecule has 0 amide bonds. The van der Waals surface area contributed by atoms with Gasteiger partial charge in [0.1, 0.15) is 0 Å². The first-order valence-corrected chi connectivity index (χ1v) is 9.87. The number of fused-ring (bicyclic) bond motifs is 3. The summed E-state index contributed by atoms with van der Waals surface area (Å²) >= 11 is 1.55. The summed E-state index contributed by atoms with van der Waals surface area (Å²) in [6.45, 7) is 6.49. The number of halogens is 2. The standard InChI is InChI=1S/C20H17.C3H6.2ClH.Zr/c1-2-14-12-20-17(11-16-9-5-6-10-18(16)20)13-19(14)15-7-3-4-8-15;1-3-2;;;/h3-7,9-10,12H,2,8,11H2,1H3;1-2H3;2*1H;/q-1;;;;+2/p-2. The summed E-state index contributed by atoms with van der Waals surface area (Å²) in [5, 5.41) is 0. The average molecular weight is 462 g/mol. The summed E-state index contributed by atoms with van der Waals surface area (Å²) in [5.74, 6) is 0. The third kappa shape index (κ3) is 5.16. The number of rotatable bonds is 2. The second kappa shape index (κ2) is 10.6. The van der Waals surface area contributed by atoms with Crippen LogP contribution in [0.15, 0.2) is 48.6 Å². The number of benzene rings is 2. The Kier molecular flexibility index (Phi) is 9.45. The van der Waals surface area contributed by atoms with Crippen molar-refractivity contribution in [2.24, 2.45) is 0 Å². The van der Waals surface area contributed by atoms with Gasteiger partial charge < -0.3 is 24.8 Å². The van der Waals surface area contributed by atoms with Crippen LogP contribution in [0.3, 0.4) is 0 Å². The van der Waals surface area contributed by atoms with Gasteiger partial charge in [-0.15, -0.1) is 40.5 Å². The van der Waals surface area contributed by atoms with Gasteiger partial charge in [0.05, 0.1) is 0 Å². The van der Waals surface area contributed by atoms with Crippen LogP contribution in [0.1, 0.15) is 49.4 Å². The summed E-state index contributed by atoms with van der Waals surface area (Å²) in [4.78, 5) is 0. The second-order valence-electron chi connectivity index (χ2n) is 6.57. The van der Waals surface area contributed by atoms with E-state index >= 15 is 0 Å². The molecule has 3 heteroatoms. The van der Waals surface area contributed by atoms with Crippen LogP contribution in [0.4, 0.5) is 0 Å². The molecule has 0 spiro atoms. The fourth-order valence-corrected chi connectivity index (χ4v) is 3.34. The van der Waals surface area contributed by atoms with E-state index in [1.807, 2.05) is 0 Å². The van der Waals surface area contributed by atoms with E-state index < -0.39 is 0 Å². The summed E-state index contributed by atoms with van der Waals surface area (Å²) in [5.41, 5.74) is 9.79. The van der Waals surface area contributed by atoms with Crippen molar-refractivity contribution in [1.29, 1.82) is 0 Å². The molecule has 2 aliphatic carbocycles. The summed E-state index contributed by atoms with van der Waals surface area (Å²) < 4.78 is 1.51. The third-order valence-corrected chi connectivity index (χ3v) is 4.39. The molecule has 134 valence electrons. The second-order valence-corrected chi connectivity index (χ2v) is 9.03. The molecule has 2 aromatic rings. The topological polar surface area (TPSA) is 0 Å². The van der Waals surface area contributed by atoms with Crippen molar-refractivity contribution >= 4 is 8.78 Å². The van der Waals surface area contributed by atoms with Gasteiger partial charge in [-0.1, -0.05) is 60.9 Å². The van der Waals surface area contributed by atoms with E-state index in [1.165, 1.54) is 42.2 Å². The van der Waals surface area contributed by atoms with E-state index in [2.05, 4.69) is 75.4 Å². The molecule has 0 N–H and O–H groups in total. The van der Waals surface area contributed by atoms with Gasteiger partial charge >= 0.3 is 41.3 Å². The maximum Gasteiger partial charge on any atom is -1.00 e. The zero-order chi connectivity index (χ0) is 17.1. The van der Waals surface area contributed by atoms with Crippen molar-refractivity contribution in [3.63, 3.8) is 0 Å². The van der Waals surface area contributed by atoms with Gasteiger partial charge in [-0.05, 0) is 18.4 Å². The first-order chi connectivity index (χ1) is 11.6. The minimum absolute atomic E-state index is 0. The zero-order valence-corrected chi connectivity index (χ0v) is 19.5. The van der Waals surface area contributed by atoms with Crippen molar-refractivity contribution in [3.05, 3.63) is 76.9 Å². The Labute approximate surface area is 184 Å². The largest absolute Gasteiger partial charge is 1.00 e. The van der Waals surface area contributed by atoms with Crippen LogP contribution < -0.4 is 24.8 Å². The van der Waals surface area contributed by atoms with Gasteiger partial charge in [0.25, 0.3) is 0 Å². The van der Waals surface area contributed by atoms with E-state index in [0.29, 0.717) is 0 Å². The molecule has 0 saturated carbocycles. The SMILES string of the molecule is CCc1cc2c([c-]c1C1=CC=CC1)Cc1ccccc1-2.C[C](C)=[Zr+2].[Cl-].[Cl-]. The molecule has 0 aromatic heterocycles. The fraction of sp³-hybridized carbons (Fsp3) is 0.261. The molecule has 0 bridgehead atoms. The molecule has 4 rings (SSSR count). The van der Waals surface area contributed by atoms with E-state index in [1.54, 1.807) is 24.2 Å². The molecule has 2 aliphatic rings. The summed E-state index contributed by atoms with van der Waals surface area (Å²) in [6, 6.07) is 14.9. The van der Waals surface area contributed by atoms with Crippen LogP contribution >= 0.6 is 0 Å². The first-order valence-electron chi connectivity index (χ1n) is 8.64. The molecule has 0 unspecified atom stereocenters. The van der Waals surface area contributed by atoms with Crippen molar-refractivity contribution in [2.45, 2.75) is 40.0 Å². The minimum Gasteiger partial charge on any atom is -1.00 e. The van der Waals surface area contributed by atoms with Crippen LogP contribution in [0.25, 0.3) is 16.7 Å². The van der Waals surface area contributed by atoms with E-state index in [-0.39, 0.29) is 24.8 Å². The van der Waals surface area contributed by atoms with E-state index in [0.717, 1.165) is 19.3 Å². The predicted octanol–water partition coefficient (Wildman–Crippen LogP) is -0.283. The van der Waals surface area contributed by atoms with Crippen LogP contribution in [-0.4, -0.2) is 3.21 Å². The third-order valence-electron chi connectivity index (χ3n) is 4.39. The molecule has 0 aliphatic heterocycles. The van der Waals surface area contributed by atoms with Crippen molar-refractivity contribution < 1.29 is 49.0 Å². The Balaban J connectivity index is 0.000000516. The first kappa shape index (κ1) is 23.3. The van der Waals surface area contributed by atoms with Crippen LogP contribution in [-0.2, 0) is 37.1 Å². The quantitative estimate of drug-likeness (QED) is 0.461. The molecule has 0 saturated heterocycles. The monoisotopic (exact) mass is 459 g/mol. The Bertz CT molecular complexity index is 843. The summed E-state index contributed by atoms with van der Waals surface area (Å²) in [7, 11) is 0. The van der Waals surface area contributed by atoms with Crippen LogP contribution in [0.5, 0.6) is 0 Å². The molecular formula is C23H23Cl2Zr-. The van der Waals surface area contributed by atoms with Gasteiger partial charge in [0.2, 0.25) is 0 Å². The molecule has 0 heterocycles. The maximum absolute atomic E-state index is 3.72. The molecular weight excluding hydrogens is 438 g/mol. The van der Waals surface area contributed by atoms with Crippen molar-refractivity contribution in [1.82, 2.24) is 0 Å². The number of aryl methyl sites for hydroxylation is 1. The molecule has 0 radical (unpaired) electrons. The van der Waals surface area contributed by atoms with Crippen LogP contribution in [0, 0.1) is 6.07 Å². The molecule has 0 atom stereocenters. The van der Waals surface area contributed by atoms with Gasteiger partial charge in [-0.25, -0.2) is 0 Å². The van der Waals surface area contributed by atoms with Crippen molar-refractivity contribution in [2.75, 3.05) is 0 Å². The van der Waals surface area contributed by atoms with Gasteiger partial charge in [0, 0.05) is 0 Å². The molecule has 2 aromatic carbocycles. The Morgan fingerprint density at radius 1 is 1.12 bits per heavy atom. The Morgan fingerprint density at radius 3 is 2.42 bits per heavy atom. The normalized spacial score (nSPS) is 12.7. The zero-order valence-electron chi connectivity index (χ0n) is 15.5. The average Bonchev–Trinajstić information content (AvgIpc) is 3.20. The Hall–Kier alpha value is -0.747. The van der Waals surface area contributed by atoms with E-state index in [4.69, 9.17) is 0 Å². The van der Waals surface area contributed by atoms with Gasteiger partial charge in [-0.3, -0.25) is 0 Å². The maximum atomic E-state index is 3.72. The van der Waals surface area contributed by atoms with Gasteiger partial charge in [-0.2, -0.15) is 0 Å². The summed E-state index contributed by atoms with van der Waals surface area (Å²) in [6.07, 6.45) is 9.77. The van der Waals surface area contributed by atoms with Crippen LogP contribution in [0.2, 0.25) is 0 Å². The smallest absolute Gasteiger partial charge is 1.00 e. The van der Waals surface area contributed by atoms with Crippen molar-refractivity contribution in [3.8, 4) is 11.1 Å².